The first kappa shape index (κ1) is 78.1. The zero-order valence-electron chi connectivity index (χ0n) is 54.3. The minimum absolute atomic E-state index is 0.0737. The SMILES string of the molecule is CC/C=C\C/C=C\C/C=C\C/C=C\C/C=C\CCCCCCCCCC(=O)OC(COC(=O)CCCCCCCCCCCCCCC)COC(=O)CCCCCCCCCCCCCCCCCCCCCCCCCCCCC. The second-order valence-electron chi connectivity index (χ2n) is 24.1. The van der Waals surface area contributed by atoms with E-state index in [9.17, 15) is 14.4 Å². The molecule has 0 rings (SSSR count). The molecule has 0 bridgehead atoms. The molecule has 0 aromatic carbocycles. The Kier molecular flexibility index (Phi) is 67.1. The van der Waals surface area contributed by atoms with Gasteiger partial charge in [-0.3, -0.25) is 14.4 Å². The molecule has 0 saturated carbocycles. The van der Waals surface area contributed by atoms with Gasteiger partial charge in [0.1, 0.15) is 13.2 Å². The van der Waals surface area contributed by atoms with Crippen LogP contribution in [0.2, 0.25) is 0 Å². The van der Waals surface area contributed by atoms with Crippen molar-refractivity contribution in [3.8, 4) is 0 Å². The van der Waals surface area contributed by atoms with Crippen LogP contribution in [0.15, 0.2) is 60.8 Å². The van der Waals surface area contributed by atoms with E-state index in [1.807, 2.05) is 0 Å². The summed E-state index contributed by atoms with van der Waals surface area (Å²) in [5, 5.41) is 0. The maximum atomic E-state index is 13.0. The van der Waals surface area contributed by atoms with Crippen LogP contribution in [0.3, 0.4) is 0 Å². The first-order valence-corrected chi connectivity index (χ1v) is 35.8. The van der Waals surface area contributed by atoms with Gasteiger partial charge < -0.3 is 14.2 Å². The van der Waals surface area contributed by atoms with Crippen LogP contribution in [-0.4, -0.2) is 37.2 Å². The Labute approximate surface area is 504 Å². The summed E-state index contributed by atoms with van der Waals surface area (Å²) in [4.78, 5) is 38.4. The van der Waals surface area contributed by atoms with Gasteiger partial charge in [-0.25, -0.2) is 0 Å². The van der Waals surface area contributed by atoms with Gasteiger partial charge in [-0.15, -0.1) is 0 Å². The third-order valence-electron chi connectivity index (χ3n) is 16.0. The fourth-order valence-electron chi connectivity index (χ4n) is 10.7. The Bertz CT molecular complexity index is 1440. The lowest BCUT2D eigenvalue weighted by Gasteiger charge is -2.18. The van der Waals surface area contributed by atoms with Gasteiger partial charge in [0.15, 0.2) is 6.10 Å². The average molecular weight is 1130 g/mol. The molecular weight excluding hydrogens is 997 g/mol. The highest BCUT2D eigenvalue weighted by atomic mass is 16.6. The molecule has 0 radical (unpaired) electrons. The summed E-state index contributed by atoms with van der Waals surface area (Å²) < 4.78 is 17.0. The molecular formula is C75H136O6. The van der Waals surface area contributed by atoms with Gasteiger partial charge in [0.25, 0.3) is 0 Å². The Morgan fingerprint density at radius 1 is 0.259 bits per heavy atom. The number of allylic oxidation sites excluding steroid dienone is 10. The molecule has 0 aliphatic carbocycles. The molecule has 0 heterocycles. The van der Waals surface area contributed by atoms with Gasteiger partial charge in [0.2, 0.25) is 0 Å². The third kappa shape index (κ3) is 67.8. The van der Waals surface area contributed by atoms with Crippen LogP contribution in [0.25, 0.3) is 0 Å². The number of unbranched alkanes of at least 4 members (excludes halogenated alkanes) is 45. The number of rotatable bonds is 66. The van der Waals surface area contributed by atoms with Crippen LogP contribution in [0, 0.1) is 0 Å². The highest BCUT2D eigenvalue weighted by Gasteiger charge is 2.19. The van der Waals surface area contributed by atoms with Crippen LogP contribution in [-0.2, 0) is 28.6 Å². The molecule has 1 unspecified atom stereocenters. The van der Waals surface area contributed by atoms with E-state index >= 15 is 0 Å². The number of esters is 3. The fraction of sp³-hybridized carbons (Fsp3) is 0.827. The van der Waals surface area contributed by atoms with Crippen molar-refractivity contribution in [1.82, 2.24) is 0 Å². The Morgan fingerprint density at radius 3 is 0.753 bits per heavy atom. The van der Waals surface area contributed by atoms with Crippen molar-refractivity contribution in [2.45, 2.75) is 386 Å². The number of ether oxygens (including phenoxy) is 3. The molecule has 0 amide bonds. The van der Waals surface area contributed by atoms with Crippen molar-refractivity contribution >= 4 is 17.9 Å². The fourth-order valence-corrected chi connectivity index (χ4v) is 10.7. The normalized spacial score (nSPS) is 12.4. The molecule has 6 nitrogen and oxygen atoms in total. The van der Waals surface area contributed by atoms with E-state index in [0.29, 0.717) is 19.3 Å². The van der Waals surface area contributed by atoms with Crippen LogP contribution in [0.1, 0.15) is 380 Å². The predicted octanol–water partition coefficient (Wildman–Crippen LogP) is 24.7. The Hall–Kier alpha value is -2.89. The monoisotopic (exact) mass is 1130 g/mol. The summed E-state index contributed by atoms with van der Waals surface area (Å²) >= 11 is 0. The lowest BCUT2D eigenvalue weighted by atomic mass is 10.0. The highest BCUT2D eigenvalue weighted by molar-refractivity contribution is 5.71. The molecule has 0 aliphatic rings. The second-order valence-corrected chi connectivity index (χ2v) is 24.1. The zero-order valence-corrected chi connectivity index (χ0v) is 54.3. The van der Waals surface area contributed by atoms with Crippen molar-refractivity contribution in [2.75, 3.05) is 13.2 Å². The average Bonchev–Trinajstić information content (AvgIpc) is 3.46. The molecule has 0 aromatic heterocycles. The first-order chi connectivity index (χ1) is 40.0. The Balaban J connectivity index is 4.24. The zero-order chi connectivity index (χ0) is 58.5. The van der Waals surface area contributed by atoms with E-state index < -0.39 is 6.10 Å². The minimum atomic E-state index is -0.779. The van der Waals surface area contributed by atoms with E-state index in [1.165, 1.54) is 244 Å². The molecule has 0 spiro atoms. The van der Waals surface area contributed by atoms with Crippen molar-refractivity contribution < 1.29 is 28.6 Å². The van der Waals surface area contributed by atoms with Gasteiger partial charge in [-0.05, 0) is 64.2 Å². The molecule has 81 heavy (non-hydrogen) atoms. The largest absolute Gasteiger partial charge is 0.462 e. The van der Waals surface area contributed by atoms with Crippen LogP contribution < -0.4 is 0 Å². The number of hydrogen-bond acceptors (Lipinski definition) is 6. The van der Waals surface area contributed by atoms with Crippen LogP contribution in [0.4, 0.5) is 0 Å². The van der Waals surface area contributed by atoms with Gasteiger partial charge >= 0.3 is 17.9 Å². The number of hydrogen-bond donors (Lipinski definition) is 0. The van der Waals surface area contributed by atoms with Gasteiger partial charge in [0, 0.05) is 19.3 Å². The second kappa shape index (κ2) is 69.6. The Morgan fingerprint density at radius 2 is 0.481 bits per heavy atom. The summed E-state index contributed by atoms with van der Waals surface area (Å²) in [5.41, 5.74) is 0. The first-order valence-electron chi connectivity index (χ1n) is 35.8. The van der Waals surface area contributed by atoms with Crippen LogP contribution in [0.5, 0.6) is 0 Å². The van der Waals surface area contributed by atoms with Gasteiger partial charge in [-0.1, -0.05) is 358 Å². The summed E-state index contributed by atoms with van der Waals surface area (Å²) in [6, 6.07) is 0. The topological polar surface area (TPSA) is 78.9 Å². The lowest BCUT2D eigenvalue weighted by molar-refractivity contribution is -0.167. The number of carbonyl (C=O) groups is 3. The maximum Gasteiger partial charge on any atom is 0.306 e. The van der Waals surface area contributed by atoms with Crippen LogP contribution >= 0.6 is 0 Å². The standard InChI is InChI=1S/C75H136O6/c1-4-7-10-13-16-19-22-25-27-29-31-33-35-36-37-38-40-41-43-45-47-50-53-56-59-62-65-68-74(77)80-71-72(70-79-73(76)67-64-61-58-55-52-49-24-21-18-15-12-9-6-3)81-75(78)69-66-63-60-57-54-51-48-46-44-42-39-34-32-30-28-26-23-20-17-14-11-8-5-2/h8,11,17,20,26,28,32,34,42,44,72H,4-7,9-10,12-16,18-19,21-25,27,29-31,33,35-41,43,45-71H2,1-3H3/b11-8-,20-17-,28-26-,34-32-,44-42-. The third-order valence-corrected chi connectivity index (χ3v) is 16.0. The van der Waals surface area contributed by atoms with E-state index in [1.54, 1.807) is 0 Å². The van der Waals surface area contributed by atoms with E-state index in [0.717, 1.165) is 96.3 Å². The molecule has 0 saturated heterocycles. The van der Waals surface area contributed by atoms with Crippen molar-refractivity contribution in [3.63, 3.8) is 0 Å². The molecule has 472 valence electrons. The smallest absolute Gasteiger partial charge is 0.306 e. The van der Waals surface area contributed by atoms with Crippen molar-refractivity contribution in [1.29, 1.82) is 0 Å². The maximum absolute atomic E-state index is 13.0. The van der Waals surface area contributed by atoms with E-state index in [-0.39, 0.29) is 31.1 Å². The minimum Gasteiger partial charge on any atom is -0.462 e. The van der Waals surface area contributed by atoms with Crippen molar-refractivity contribution in [3.05, 3.63) is 60.8 Å². The molecule has 6 heteroatoms. The molecule has 0 aliphatic heterocycles. The molecule has 0 aromatic rings. The predicted molar refractivity (Wildman–Crippen MR) is 353 cm³/mol. The van der Waals surface area contributed by atoms with Gasteiger partial charge in [0.05, 0.1) is 0 Å². The number of carbonyl (C=O) groups excluding carboxylic acids is 3. The summed E-state index contributed by atoms with van der Waals surface area (Å²) in [6.45, 7) is 6.58. The summed E-state index contributed by atoms with van der Waals surface area (Å²) in [6.07, 6.45) is 89.7. The van der Waals surface area contributed by atoms with Gasteiger partial charge in [-0.2, -0.15) is 0 Å². The van der Waals surface area contributed by atoms with E-state index in [2.05, 4.69) is 81.5 Å². The summed E-state index contributed by atoms with van der Waals surface area (Å²) in [5.74, 6) is -0.859. The van der Waals surface area contributed by atoms with E-state index in [4.69, 9.17) is 14.2 Å². The molecule has 1 atom stereocenters. The van der Waals surface area contributed by atoms with Crippen molar-refractivity contribution in [2.24, 2.45) is 0 Å². The lowest BCUT2D eigenvalue weighted by Crippen LogP contribution is -2.30. The highest BCUT2D eigenvalue weighted by Crippen LogP contribution is 2.19. The quantitative estimate of drug-likeness (QED) is 0.0261. The summed E-state index contributed by atoms with van der Waals surface area (Å²) in [7, 11) is 0. The molecule has 0 fully saturated rings. The molecule has 0 N–H and O–H groups in total.